The number of carbonyl (C=O) groups is 1. The van der Waals surface area contributed by atoms with Crippen LogP contribution in [0.2, 0.25) is 0 Å². The number of carbonyl (C=O) groups excluding carboxylic acids is 1. The van der Waals surface area contributed by atoms with Gasteiger partial charge in [-0.1, -0.05) is 12.1 Å². The standard InChI is InChI=1S/C24H21F6N3O5/c1-4-37-18(34)11-17-21-31-32-22(24(28,29)30)33(21)15-9-8-12(23(25,26)27)10-14(15)19(38-17)13-6-5-7-16(35-2)20(13)36-3/h5-10,17,19H,4,11H2,1-3H3. The summed E-state index contributed by atoms with van der Waals surface area (Å²) in [5, 5.41) is 6.87. The number of esters is 1. The Balaban J connectivity index is 2.05. The normalized spacial score (nSPS) is 17.3. The number of aromatic nitrogens is 3. The zero-order valence-electron chi connectivity index (χ0n) is 20.2. The highest BCUT2D eigenvalue weighted by molar-refractivity contribution is 5.70. The first kappa shape index (κ1) is 27.2. The molecule has 204 valence electrons. The molecule has 1 aliphatic heterocycles. The zero-order chi connectivity index (χ0) is 27.8. The van der Waals surface area contributed by atoms with Gasteiger partial charge in [0.05, 0.1) is 38.5 Å². The third kappa shape index (κ3) is 4.99. The summed E-state index contributed by atoms with van der Waals surface area (Å²) >= 11 is 0. The third-order valence-corrected chi connectivity index (χ3v) is 5.78. The quantitative estimate of drug-likeness (QED) is 0.302. The number of rotatable bonds is 6. The lowest BCUT2D eigenvalue weighted by Gasteiger charge is -2.25. The minimum absolute atomic E-state index is 0.0195. The molecule has 2 aromatic carbocycles. The van der Waals surface area contributed by atoms with Crippen LogP contribution in [0.3, 0.4) is 0 Å². The number of ether oxygens (including phenoxy) is 4. The average Bonchev–Trinajstić information content (AvgIpc) is 3.26. The molecule has 0 saturated heterocycles. The molecule has 0 aliphatic carbocycles. The van der Waals surface area contributed by atoms with Gasteiger partial charge in [0.25, 0.3) is 0 Å². The van der Waals surface area contributed by atoms with E-state index in [0.29, 0.717) is 16.7 Å². The summed E-state index contributed by atoms with van der Waals surface area (Å²) in [5.41, 5.74) is -1.58. The van der Waals surface area contributed by atoms with Crippen molar-refractivity contribution < 1.29 is 50.1 Å². The van der Waals surface area contributed by atoms with Crippen molar-refractivity contribution >= 4 is 5.97 Å². The minimum Gasteiger partial charge on any atom is -0.493 e. The second-order valence-corrected chi connectivity index (χ2v) is 8.08. The van der Waals surface area contributed by atoms with Gasteiger partial charge in [-0.3, -0.25) is 9.36 Å². The van der Waals surface area contributed by atoms with Crippen molar-refractivity contribution in [3.05, 3.63) is 64.7 Å². The summed E-state index contributed by atoms with van der Waals surface area (Å²) in [6.45, 7) is 1.52. The van der Waals surface area contributed by atoms with Crippen LogP contribution in [0.1, 0.15) is 53.9 Å². The number of para-hydroxylation sites is 1. The maximum absolute atomic E-state index is 14.0. The van der Waals surface area contributed by atoms with Crippen molar-refractivity contribution in [3.8, 4) is 17.2 Å². The smallest absolute Gasteiger partial charge is 0.452 e. The number of hydrogen-bond donors (Lipinski definition) is 0. The maximum atomic E-state index is 14.0. The fourth-order valence-corrected chi connectivity index (χ4v) is 4.24. The summed E-state index contributed by atoms with van der Waals surface area (Å²) in [5.74, 6) is -2.48. The molecule has 2 heterocycles. The zero-order valence-corrected chi connectivity index (χ0v) is 20.2. The van der Waals surface area contributed by atoms with E-state index in [0.717, 1.165) is 6.07 Å². The lowest BCUT2D eigenvalue weighted by molar-refractivity contribution is -0.147. The highest BCUT2D eigenvalue weighted by Crippen LogP contribution is 2.48. The molecule has 1 aromatic heterocycles. The molecule has 4 rings (SSSR count). The van der Waals surface area contributed by atoms with E-state index in [9.17, 15) is 31.1 Å². The molecule has 1 aliphatic rings. The van der Waals surface area contributed by atoms with Crippen LogP contribution in [0.15, 0.2) is 36.4 Å². The summed E-state index contributed by atoms with van der Waals surface area (Å²) in [7, 11) is 2.63. The van der Waals surface area contributed by atoms with Gasteiger partial charge in [-0.25, -0.2) is 0 Å². The minimum atomic E-state index is -5.03. The predicted molar refractivity (Wildman–Crippen MR) is 118 cm³/mol. The van der Waals surface area contributed by atoms with Crippen molar-refractivity contribution in [2.24, 2.45) is 0 Å². The first-order chi connectivity index (χ1) is 17.9. The summed E-state index contributed by atoms with van der Waals surface area (Å²) in [4.78, 5) is 12.4. The molecule has 38 heavy (non-hydrogen) atoms. The Morgan fingerprint density at radius 3 is 2.34 bits per heavy atom. The van der Waals surface area contributed by atoms with E-state index in [-0.39, 0.29) is 34.9 Å². The highest BCUT2D eigenvalue weighted by atomic mass is 19.4. The molecule has 2 unspecified atom stereocenters. The van der Waals surface area contributed by atoms with Gasteiger partial charge in [0.1, 0.15) is 12.2 Å². The molecular formula is C24H21F6N3O5. The maximum Gasteiger partial charge on any atom is 0.452 e. The van der Waals surface area contributed by atoms with Crippen LogP contribution in [0.25, 0.3) is 5.69 Å². The molecule has 2 atom stereocenters. The van der Waals surface area contributed by atoms with Gasteiger partial charge in [0, 0.05) is 11.1 Å². The molecule has 3 aromatic rings. The van der Waals surface area contributed by atoms with Crippen molar-refractivity contribution in [1.29, 1.82) is 0 Å². The number of alkyl halides is 6. The van der Waals surface area contributed by atoms with Gasteiger partial charge in [0.15, 0.2) is 17.3 Å². The van der Waals surface area contributed by atoms with Crippen LogP contribution in [0.4, 0.5) is 26.3 Å². The van der Waals surface area contributed by atoms with Gasteiger partial charge < -0.3 is 18.9 Å². The van der Waals surface area contributed by atoms with E-state index < -0.39 is 54.2 Å². The Hall–Kier alpha value is -3.81. The van der Waals surface area contributed by atoms with E-state index in [4.69, 9.17) is 18.9 Å². The van der Waals surface area contributed by atoms with E-state index >= 15 is 0 Å². The Morgan fingerprint density at radius 2 is 1.74 bits per heavy atom. The number of benzene rings is 2. The molecule has 0 bridgehead atoms. The molecule has 0 spiro atoms. The first-order valence-electron chi connectivity index (χ1n) is 11.2. The molecule has 0 N–H and O–H groups in total. The third-order valence-electron chi connectivity index (χ3n) is 5.78. The average molecular weight is 545 g/mol. The fourth-order valence-electron chi connectivity index (χ4n) is 4.24. The van der Waals surface area contributed by atoms with Gasteiger partial charge in [-0.15, -0.1) is 10.2 Å². The van der Waals surface area contributed by atoms with Crippen LogP contribution in [0.5, 0.6) is 11.5 Å². The van der Waals surface area contributed by atoms with Crippen LogP contribution >= 0.6 is 0 Å². The van der Waals surface area contributed by atoms with Gasteiger partial charge in [-0.2, -0.15) is 26.3 Å². The second-order valence-electron chi connectivity index (χ2n) is 8.08. The van der Waals surface area contributed by atoms with Crippen molar-refractivity contribution in [2.75, 3.05) is 20.8 Å². The monoisotopic (exact) mass is 545 g/mol. The van der Waals surface area contributed by atoms with E-state index in [1.54, 1.807) is 0 Å². The Labute approximate surface area is 212 Å². The van der Waals surface area contributed by atoms with Gasteiger partial charge >= 0.3 is 18.3 Å². The van der Waals surface area contributed by atoms with E-state index in [1.165, 1.54) is 39.3 Å². The number of hydrogen-bond acceptors (Lipinski definition) is 7. The van der Waals surface area contributed by atoms with Crippen LogP contribution in [0, 0.1) is 0 Å². The number of halogens is 6. The Kier molecular flexibility index (Phi) is 7.28. The van der Waals surface area contributed by atoms with Crippen molar-refractivity contribution in [1.82, 2.24) is 14.8 Å². The molecule has 0 amide bonds. The summed E-state index contributed by atoms with van der Waals surface area (Å²) in [6.07, 6.45) is -13.4. The van der Waals surface area contributed by atoms with Crippen molar-refractivity contribution in [3.63, 3.8) is 0 Å². The lowest BCUT2D eigenvalue weighted by Crippen LogP contribution is -2.18. The molecule has 8 nitrogen and oxygen atoms in total. The molecule has 14 heteroatoms. The van der Waals surface area contributed by atoms with Crippen LogP contribution < -0.4 is 9.47 Å². The number of nitrogens with zero attached hydrogens (tertiary/aromatic N) is 3. The molecular weight excluding hydrogens is 524 g/mol. The predicted octanol–water partition coefficient (Wildman–Crippen LogP) is 5.44. The van der Waals surface area contributed by atoms with E-state index in [1.807, 2.05) is 0 Å². The largest absolute Gasteiger partial charge is 0.493 e. The summed E-state index contributed by atoms with van der Waals surface area (Å²) in [6, 6.07) is 6.73. The first-order valence-corrected chi connectivity index (χ1v) is 11.2. The van der Waals surface area contributed by atoms with Gasteiger partial charge in [0.2, 0.25) is 5.82 Å². The van der Waals surface area contributed by atoms with Crippen LogP contribution in [-0.2, 0) is 26.6 Å². The topological polar surface area (TPSA) is 84.7 Å². The Bertz CT molecular complexity index is 1340. The lowest BCUT2D eigenvalue weighted by atomic mass is 9.96. The number of methoxy groups -OCH3 is 2. The summed E-state index contributed by atoms with van der Waals surface area (Å²) < 4.78 is 105. The highest BCUT2D eigenvalue weighted by Gasteiger charge is 2.44. The SMILES string of the molecule is CCOC(=O)CC1OC(c2cccc(OC)c2OC)c2cc(C(F)(F)F)ccc2-n2c1nnc2C(F)(F)F. The Morgan fingerprint density at radius 1 is 1.00 bits per heavy atom. The van der Waals surface area contributed by atoms with E-state index in [2.05, 4.69) is 10.2 Å². The molecule has 0 fully saturated rings. The van der Waals surface area contributed by atoms with Crippen molar-refractivity contribution in [2.45, 2.75) is 37.9 Å². The number of fused-ring (bicyclic) bond motifs is 3. The molecule has 0 saturated carbocycles. The molecule has 0 radical (unpaired) electrons. The van der Waals surface area contributed by atoms with Crippen LogP contribution in [-0.4, -0.2) is 41.6 Å². The van der Waals surface area contributed by atoms with Gasteiger partial charge in [-0.05, 0) is 31.2 Å². The second kappa shape index (κ2) is 10.2. The fraction of sp³-hybridized carbons (Fsp3) is 0.375.